The van der Waals surface area contributed by atoms with Crippen molar-refractivity contribution in [2.75, 3.05) is 19.7 Å². The third-order valence-electron chi connectivity index (χ3n) is 3.22. The van der Waals surface area contributed by atoms with Crippen LogP contribution in [0.2, 0.25) is 0 Å². The molecule has 1 heterocycles. The summed E-state index contributed by atoms with van der Waals surface area (Å²) in [6.07, 6.45) is -1.76. The molecule has 1 fully saturated rings. The monoisotopic (exact) mass is 268 g/mol. The molecule has 106 valence electrons. The van der Waals surface area contributed by atoms with E-state index in [1.54, 1.807) is 4.90 Å². The van der Waals surface area contributed by atoms with Crippen molar-refractivity contribution >= 4 is 5.91 Å². The number of likely N-dealkylation sites (tertiary alicyclic amines) is 1. The van der Waals surface area contributed by atoms with Crippen molar-refractivity contribution in [1.82, 2.24) is 10.2 Å². The molecule has 4 nitrogen and oxygen atoms in total. The maximum atomic E-state index is 11.9. The first-order valence-corrected chi connectivity index (χ1v) is 6.03. The fraction of sp³-hybridized carbons (Fsp3) is 0.909. The van der Waals surface area contributed by atoms with E-state index in [-0.39, 0.29) is 25.2 Å². The molecule has 1 aliphatic heterocycles. The van der Waals surface area contributed by atoms with Gasteiger partial charge in [-0.15, -0.1) is 0 Å². The Hall–Kier alpha value is -0.820. The second kappa shape index (κ2) is 6.38. The quantitative estimate of drug-likeness (QED) is 0.796. The minimum atomic E-state index is -4.39. The fourth-order valence-electron chi connectivity index (χ4n) is 2.24. The van der Waals surface area contributed by atoms with Crippen molar-refractivity contribution in [2.24, 2.45) is 0 Å². The maximum absolute atomic E-state index is 11.9. The zero-order valence-corrected chi connectivity index (χ0v) is 10.3. The predicted octanol–water partition coefficient (Wildman–Crippen LogP) is 0.900. The van der Waals surface area contributed by atoms with Gasteiger partial charge < -0.3 is 10.4 Å². The van der Waals surface area contributed by atoms with Gasteiger partial charge in [0, 0.05) is 12.1 Å². The van der Waals surface area contributed by atoms with Crippen LogP contribution >= 0.6 is 0 Å². The van der Waals surface area contributed by atoms with Gasteiger partial charge in [-0.25, -0.2) is 0 Å². The van der Waals surface area contributed by atoms with Crippen LogP contribution in [0.5, 0.6) is 0 Å². The molecule has 1 aliphatic rings. The second-order valence-corrected chi connectivity index (χ2v) is 4.68. The molecule has 7 heteroatoms. The molecule has 0 aliphatic carbocycles. The minimum absolute atomic E-state index is 0.0725. The molecule has 2 atom stereocenters. The highest BCUT2D eigenvalue weighted by molar-refractivity contribution is 5.78. The lowest BCUT2D eigenvalue weighted by molar-refractivity contribution is -0.140. The van der Waals surface area contributed by atoms with Crippen LogP contribution in [0.3, 0.4) is 0 Å². The fourth-order valence-corrected chi connectivity index (χ4v) is 2.24. The number of alkyl halides is 3. The Kier molecular flexibility index (Phi) is 5.40. The third kappa shape index (κ3) is 4.81. The first-order chi connectivity index (χ1) is 8.33. The number of nitrogens with one attached hydrogen (secondary N) is 1. The molecular formula is C11H19F3N2O2. The molecule has 1 saturated heterocycles. The number of nitrogens with zero attached hydrogens (tertiary/aromatic N) is 1. The largest absolute Gasteiger partial charge is 0.405 e. The number of carbonyl (C=O) groups excluding carboxylic acids is 1. The SMILES string of the molecule is CC1CCCC(CO)N1CC(=O)NCC(F)(F)F. The Morgan fingerprint density at radius 3 is 2.67 bits per heavy atom. The molecule has 18 heavy (non-hydrogen) atoms. The van der Waals surface area contributed by atoms with Gasteiger partial charge in [0.15, 0.2) is 0 Å². The topological polar surface area (TPSA) is 52.6 Å². The van der Waals surface area contributed by atoms with Gasteiger partial charge in [-0.3, -0.25) is 9.69 Å². The molecule has 0 aromatic rings. The van der Waals surface area contributed by atoms with Crippen molar-refractivity contribution in [3.8, 4) is 0 Å². The number of halogens is 3. The predicted molar refractivity (Wildman–Crippen MR) is 60.0 cm³/mol. The van der Waals surface area contributed by atoms with Gasteiger partial charge in [-0.1, -0.05) is 6.42 Å². The summed E-state index contributed by atoms with van der Waals surface area (Å²) < 4.78 is 35.8. The first-order valence-electron chi connectivity index (χ1n) is 6.03. The first kappa shape index (κ1) is 15.2. The molecule has 2 N–H and O–H groups in total. The summed E-state index contributed by atoms with van der Waals surface area (Å²) in [6.45, 7) is 0.441. The van der Waals surface area contributed by atoms with Gasteiger partial charge in [-0.2, -0.15) is 13.2 Å². The maximum Gasteiger partial charge on any atom is 0.405 e. The molecule has 0 aromatic carbocycles. The van der Waals surface area contributed by atoms with Crippen LogP contribution in [0.15, 0.2) is 0 Å². The molecule has 1 amide bonds. The Morgan fingerprint density at radius 1 is 1.44 bits per heavy atom. The summed E-state index contributed by atoms with van der Waals surface area (Å²) in [5.74, 6) is -0.653. The zero-order chi connectivity index (χ0) is 13.8. The molecule has 2 unspecified atom stereocenters. The highest BCUT2D eigenvalue weighted by Crippen LogP contribution is 2.22. The molecule has 0 spiro atoms. The van der Waals surface area contributed by atoms with Gasteiger partial charge >= 0.3 is 6.18 Å². The summed E-state index contributed by atoms with van der Waals surface area (Å²) >= 11 is 0. The summed E-state index contributed by atoms with van der Waals surface area (Å²) in [5, 5.41) is 11.0. The number of aliphatic hydroxyl groups is 1. The van der Waals surface area contributed by atoms with Crippen molar-refractivity contribution in [2.45, 2.75) is 44.4 Å². The molecule has 0 aromatic heterocycles. The lowest BCUT2D eigenvalue weighted by Gasteiger charge is -2.39. The minimum Gasteiger partial charge on any atom is -0.395 e. The zero-order valence-electron chi connectivity index (χ0n) is 10.3. The molecule has 1 rings (SSSR count). The number of rotatable bonds is 4. The van der Waals surface area contributed by atoms with Crippen LogP contribution in [0, 0.1) is 0 Å². The summed E-state index contributed by atoms with van der Waals surface area (Å²) in [4.78, 5) is 13.2. The van der Waals surface area contributed by atoms with E-state index in [1.165, 1.54) is 0 Å². The van der Waals surface area contributed by atoms with Gasteiger partial charge in [0.2, 0.25) is 5.91 Å². The van der Waals surface area contributed by atoms with E-state index in [0.29, 0.717) is 0 Å². The van der Waals surface area contributed by atoms with Gasteiger partial charge in [-0.05, 0) is 19.8 Å². The van der Waals surface area contributed by atoms with Crippen LogP contribution in [0.1, 0.15) is 26.2 Å². The average Bonchev–Trinajstić information content (AvgIpc) is 2.28. The molecule has 0 bridgehead atoms. The van der Waals surface area contributed by atoms with Gasteiger partial charge in [0.25, 0.3) is 0 Å². The third-order valence-corrected chi connectivity index (χ3v) is 3.22. The van der Waals surface area contributed by atoms with Crippen molar-refractivity contribution in [3.05, 3.63) is 0 Å². The number of aliphatic hydroxyl groups excluding tert-OH is 1. The van der Waals surface area contributed by atoms with Crippen LogP contribution in [-0.4, -0.2) is 53.9 Å². The van der Waals surface area contributed by atoms with E-state index in [0.717, 1.165) is 19.3 Å². The van der Waals surface area contributed by atoms with E-state index in [4.69, 9.17) is 0 Å². The summed E-state index contributed by atoms with van der Waals surface area (Å²) in [6, 6.07) is -0.0297. The van der Waals surface area contributed by atoms with Crippen LogP contribution in [0.4, 0.5) is 13.2 Å². The number of hydrogen-bond acceptors (Lipinski definition) is 3. The standard InChI is InChI=1S/C11H19F3N2O2/c1-8-3-2-4-9(6-17)16(8)5-10(18)15-7-11(12,13)14/h8-9,17H,2-7H2,1H3,(H,15,18). The number of amides is 1. The number of carbonyl (C=O) groups is 1. The summed E-state index contributed by atoms with van der Waals surface area (Å²) in [7, 11) is 0. The van der Waals surface area contributed by atoms with Crippen molar-refractivity contribution in [3.63, 3.8) is 0 Å². The van der Waals surface area contributed by atoms with E-state index < -0.39 is 18.6 Å². The van der Waals surface area contributed by atoms with E-state index in [9.17, 15) is 23.1 Å². The van der Waals surface area contributed by atoms with Crippen molar-refractivity contribution < 1.29 is 23.1 Å². The van der Waals surface area contributed by atoms with Crippen LogP contribution in [0.25, 0.3) is 0 Å². The smallest absolute Gasteiger partial charge is 0.395 e. The number of piperidine rings is 1. The summed E-state index contributed by atoms with van der Waals surface area (Å²) in [5.41, 5.74) is 0. The lowest BCUT2D eigenvalue weighted by Crippen LogP contribution is -2.51. The van der Waals surface area contributed by atoms with E-state index in [2.05, 4.69) is 0 Å². The molecule has 0 saturated carbocycles. The molecular weight excluding hydrogens is 249 g/mol. The normalized spacial score (nSPS) is 26.1. The van der Waals surface area contributed by atoms with E-state index >= 15 is 0 Å². The van der Waals surface area contributed by atoms with Gasteiger partial charge in [0.1, 0.15) is 6.54 Å². The Bertz CT molecular complexity index is 284. The van der Waals surface area contributed by atoms with E-state index in [1.807, 2.05) is 12.2 Å². The van der Waals surface area contributed by atoms with Crippen LogP contribution in [-0.2, 0) is 4.79 Å². The highest BCUT2D eigenvalue weighted by Gasteiger charge is 2.31. The van der Waals surface area contributed by atoms with Gasteiger partial charge in [0.05, 0.1) is 13.2 Å². The Labute approximate surface area is 104 Å². The Morgan fingerprint density at radius 2 is 2.11 bits per heavy atom. The van der Waals surface area contributed by atoms with Crippen molar-refractivity contribution in [1.29, 1.82) is 0 Å². The Balaban J connectivity index is 2.45. The second-order valence-electron chi connectivity index (χ2n) is 4.68. The lowest BCUT2D eigenvalue weighted by atomic mass is 9.97. The number of hydrogen-bond donors (Lipinski definition) is 2. The highest BCUT2D eigenvalue weighted by atomic mass is 19.4. The average molecular weight is 268 g/mol. The van der Waals surface area contributed by atoms with Crippen LogP contribution < -0.4 is 5.32 Å². The molecule has 0 radical (unpaired) electrons.